The number of nitrogens with zero attached hydrogens (tertiary/aromatic N) is 2. The average Bonchev–Trinajstić information content (AvgIpc) is 2.78. The number of hydrogen-bond acceptors (Lipinski definition) is 3. The van der Waals surface area contributed by atoms with Gasteiger partial charge in [-0.2, -0.15) is 5.10 Å². The van der Waals surface area contributed by atoms with Crippen molar-refractivity contribution in [3.8, 4) is 0 Å². The van der Waals surface area contributed by atoms with Crippen molar-refractivity contribution >= 4 is 5.91 Å². The fraction of sp³-hybridized carbons (Fsp3) is 0.750. The summed E-state index contributed by atoms with van der Waals surface area (Å²) in [5, 5.41) is 10.8. The number of hydrogen-bond donors (Lipinski definition) is 2. The number of aryl methyl sites for hydroxylation is 3. The van der Waals surface area contributed by atoms with Gasteiger partial charge in [0.2, 0.25) is 5.91 Å². The second-order valence-electron chi connectivity index (χ2n) is 5.70. The Balaban J connectivity index is 2.25. The lowest BCUT2D eigenvalue weighted by atomic mass is 10.1. The van der Waals surface area contributed by atoms with Gasteiger partial charge < -0.3 is 10.6 Å². The van der Waals surface area contributed by atoms with E-state index in [1.54, 1.807) is 0 Å². The molecule has 5 heteroatoms. The van der Waals surface area contributed by atoms with Crippen molar-refractivity contribution in [1.82, 2.24) is 20.4 Å². The molecule has 1 amide bonds. The van der Waals surface area contributed by atoms with E-state index >= 15 is 0 Å². The van der Waals surface area contributed by atoms with E-state index < -0.39 is 0 Å². The van der Waals surface area contributed by atoms with Crippen LogP contribution in [-0.4, -0.2) is 34.3 Å². The fourth-order valence-corrected chi connectivity index (χ4v) is 2.36. The molecule has 0 aromatic carbocycles. The molecule has 0 aliphatic heterocycles. The molecular formula is C16H30N4O. The molecule has 0 bridgehead atoms. The summed E-state index contributed by atoms with van der Waals surface area (Å²) in [4.78, 5) is 12.0. The third kappa shape index (κ3) is 5.87. The Kier molecular flexibility index (Phi) is 7.43. The van der Waals surface area contributed by atoms with Crippen molar-refractivity contribution in [2.24, 2.45) is 0 Å². The molecule has 0 saturated carbocycles. The number of amides is 1. The number of rotatable bonds is 9. The summed E-state index contributed by atoms with van der Waals surface area (Å²) in [5.41, 5.74) is 2.24. The van der Waals surface area contributed by atoms with Crippen molar-refractivity contribution in [3.05, 3.63) is 17.5 Å². The summed E-state index contributed by atoms with van der Waals surface area (Å²) >= 11 is 0. The summed E-state index contributed by atoms with van der Waals surface area (Å²) in [5.74, 6) is 0.0924. The Bertz CT molecular complexity index is 437. The topological polar surface area (TPSA) is 59.0 Å². The molecule has 0 aliphatic carbocycles. The zero-order valence-corrected chi connectivity index (χ0v) is 14.1. The van der Waals surface area contributed by atoms with E-state index in [4.69, 9.17) is 0 Å². The maximum absolute atomic E-state index is 12.0. The molecule has 1 heterocycles. The molecule has 1 aromatic rings. The number of carbonyl (C=O) groups is 1. The number of aromatic nitrogens is 2. The Labute approximate surface area is 128 Å². The molecule has 0 aliphatic rings. The van der Waals surface area contributed by atoms with Crippen LogP contribution in [0, 0.1) is 13.8 Å². The van der Waals surface area contributed by atoms with Crippen LogP contribution in [0.25, 0.3) is 0 Å². The fourth-order valence-electron chi connectivity index (χ4n) is 2.36. The molecule has 5 nitrogen and oxygen atoms in total. The van der Waals surface area contributed by atoms with Gasteiger partial charge in [-0.15, -0.1) is 0 Å². The lowest BCUT2D eigenvalue weighted by Crippen LogP contribution is -2.46. The summed E-state index contributed by atoms with van der Waals surface area (Å²) in [7, 11) is 0. The van der Waals surface area contributed by atoms with Crippen LogP contribution in [0.15, 0.2) is 6.07 Å². The molecule has 1 unspecified atom stereocenters. The van der Waals surface area contributed by atoms with E-state index in [9.17, 15) is 4.79 Å². The van der Waals surface area contributed by atoms with Gasteiger partial charge in [0.15, 0.2) is 0 Å². The first-order valence-electron chi connectivity index (χ1n) is 8.02. The Morgan fingerprint density at radius 3 is 2.52 bits per heavy atom. The average molecular weight is 294 g/mol. The smallest absolute Gasteiger partial charge is 0.237 e. The molecule has 1 rings (SSSR count). The zero-order chi connectivity index (χ0) is 15.8. The molecule has 21 heavy (non-hydrogen) atoms. The van der Waals surface area contributed by atoms with E-state index in [2.05, 4.69) is 42.6 Å². The maximum Gasteiger partial charge on any atom is 0.237 e. The molecule has 1 atom stereocenters. The molecule has 120 valence electrons. The van der Waals surface area contributed by atoms with Crippen LogP contribution < -0.4 is 10.6 Å². The Morgan fingerprint density at radius 2 is 2.00 bits per heavy atom. The first kappa shape index (κ1) is 17.7. The second-order valence-corrected chi connectivity index (χ2v) is 5.70. The standard InChI is InChI=1S/C16H30N4O/c1-6-15(7-2)18-16(21)14(5)17-9-8-10-20-13(4)11-12(3)19-20/h11,14-15,17H,6-10H2,1-5H3,(H,18,21). The monoisotopic (exact) mass is 294 g/mol. The van der Waals surface area contributed by atoms with E-state index in [0.29, 0.717) is 0 Å². The highest BCUT2D eigenvalue weighted by Crippen LogP contribution is 2.02. The van der Waals surface area contributed by atoms with Crippen LogP contribution in [0.1, 0.15) is 51.4 Å². The lowest BCUT2D eigenvalue weighted by Gasteiger charge is -2.19. The van der Waals surface area contributed by atoms with Crippen molar-refractivity contribution in [3.63, 3.8) is 0 Å². The first-order valence-corrected chi connectivity index (χ1v) is 8.02. The van der Waals surface area contributed by atoms with Crippen LogP contribution in [0.5, 0.6) is 0 Å². The summed E-state index contributed by atoms with van der Waals surface area (Å²) in [6.45, 7) is 11.9. The van der Waals surface area contributed by atoms with E-state index in [1.807, 2.05) is 18.5 Å². The van der Waals surface area contributed by atoms with Gasteiger partial charge >= 0.3 is 0 Å². The minimum absolute atomic E-state index is 0.0924. The van der Waals surface area contributed by atoms with Gasteiger partial charge in [0.05, 0.1) is 11.7 Å². The zero-order valence-electron chi connectivity index (χ0n) is 14.1. The largest absolute Gasteiger partial charge is 0.352 e. The summed E-state index contributed by atoms with van der Waals surface area (Å²) < 4.78 is 2.02. The summed E-state index contributed by atoms with van der Waals surface area (Å²) in [6, 6.07) is 2.22. The highest BCUT2D eigenvalue weighted by atomic mass is 16.2. The van der Waals surface area contributed by atoms with Crippen LogP contribution >= 0.6 is 0 Å². The molecule has 0 radical (unpaired) electrons. The molecular weight excluding hydrogens is 264 g/mol. The number of nitrogens with one attached hydrogen (secondary N) is 2. The highest BCUT2D eigenvalue weighted by molar-refractivity contribution is 5.81. The highest BCUT2D eigenvalue weighted by Gasteiger charge is 2.14. The Morgan fingerprint density at radius 1 is 1.33 bits per heavy atom. The van der Waals surface area contributed by atoms with Gasteiger partial charge in [0, 0.05) is 18.3 Å². The van der Waals surface area contributed by atoms with E-state index in [0.717, 1.165) is 38.0 Å². The molecule has 0 spiro atoms. The van der Waals surface area contributed by atoms with Gasteiger partial charge in [0.25, 0.3) is 0 Å². The molecule has 1 aromatic heterocycles. The minimum atomic E-state index is -0.147. The third-order valence-electron chi connectivity index (χ3n) is 3.83. The van der Waals surface area contributed by atoms with E-state index in [-0.39, 0.29) is 18.0 Å². The quantitative estimate of drug-likeness (QED) is 0.686. The second kappa shape index (κ2) is 8.82. The van der Waals surface area contributed by atoms with Crippen LogP contribution in [0.3, 0.4) is 0 Å². The predicted octanol–water partition coefficient (Wildman–Crippen LogP) is 2.17. The molecule has 2 N–H and O–H groups in total. The third-order valence-corrected chi connectivity index (χ3v) is 3.83. The Hall–Kier alpha value is -1.36. The van der Waals surface area contributed by atoms with Crippen LogP contribution in [0.4, 0.5) is 0 Å². The SMILES string of the molecule is CCC(CC)NC(=O)C(C)NCCCn1nc(C)cc1C. The number of carbonyl (C=O) groups excluding carboxylic acids is 1. The van der Waals surface area contributed by atoms with Gasteiger partial charge in [-0.05, 0) is 52.6 Å². The van der Waals surface area contributed by atoms with Crippen molar-refractivity contribution in [1.29, 1.82) is 0 Å². The van der Waals surface area contributed by atoms with Gasteiger partial charge in [-0.1, -0.05) is 13.8 Å². The van der Waals surface area contributed by atoms with Crippen molar-refractivity contribution < 1.29 is 4.79 Å². The van der Waals surface area contributed by atoms with Crippen molar-refractivity contribution in [2.45, 2.75) is 72.5 Å². The lowest BCUT2D eigenvalue weighted by molar-refractivity contribution is -0.123. The van der Waals surface area contributed by atoms with Crippen LogP contribution in [-0.2, 0) is 11.3 Å². The minimum Gasteiger partial charge on any atom is -0.352 e. The molecule has 0 saturated heterocycles. The summed E-state index contributed by atoms with van der Waals surface area (Å²) in [6.07, 6.45) is 2.92. The predicted molar refractivity (Wildman–Crippen MR) is 86.3 cm³/mol. The van der Waals surface area contributed by atoms with Gasteiger partial charge in [0.1, 0.15) is 0 Å². The first-order chi connectivity index (χ1) is 9.97. The molecule has 0 fully saturated rings. The van der Waals surface area contributed by atoms with Crippen molar-refractivity contribution in [2.75, 3.05) is 6.54 Å². The van der Waals surface area contributed by atoms with Crippen LogP contribution in [0.2, 0.25) is 0 Å². The van der Waals surface area contributed by atoms with Gasteiger partial charge in [-0.3, -0.25) is 9.48 Å². The maximum atomic E-state index is 12.0. The normalized spacial score (nSPS) is 12.7. The van der Waals surface area contributed by atoms with E-state index in [1.165, 1.54) is 5.69 Å². The van der Waals surface area contributed by atoms with Gasteiger partial charge in [-0.25, -0.2) is 0 Å².